The number of aromatic nitrogens is 1. The van der Waals surface area contributed by atoms with Gasteiger partial charge in [-0.05, 0) is 12.8 Å². The maximum absolute atomic E-state index is 6.30. The molecule has 0 spiro atoms. The van der Waals surface area contributed by atoms with E-state index in [2.05, 4.69) is 40.0 Å². The Morgan fingerprint density at radius 3 is 2.42 bits per heavy atom. The predicted octanol–water partition coefficient (Wildman–Crippen LogP) is 3.37. The minimum absolute atomic E-state index is 0.0129. The van der Waals surface area contributed by atoms with Crippen LogP contribution in [-0.2, 0) is 16.6 Å². The van der Waals surface area contributed by atoms with E-state index in [-0.39, 0.29) is 17.6 Å². The van der Waals surface area contributed by atoms with E-state index in [0.717, 1.165) is 17.1 Å². The van der Waals surface area contributed by atoms with Gasteiger partial charge in [-0.15, -0.1) is 11.3 Å². The van der Waals surface area contributed by atoms with Crippen LogP contribution in [0.3, 0.4) is 0 Å². The molecule has 4 heteroatoms. The molecule has 1 aromatic heterocycles. The second-order valence-electron chi connectivity index (χ2n) is 6.41. The third-order valence-corrected chi connectivity index (χ3v) is 4.04. The lowest BCUT2D eigenvalue weighted by Gasteiger charge is -2.26. The molecule has 1 heterocycles. The molecule has 0 aliphatic rings. The quantitative estimate of drug-likeness (QED) is 0.871. The van der Waals surface area contributed by atoms with Crippen molar-refractivity contribution in [1.82, 2.24) is 4.98 Å². The first-order chi connectivity index (χ1) is 8.75. The van der Waals surface area contributed by atoms with Crippen LogP contribution in [0.15, 0.2) is 5.38 Å². The Labute approximate surface area is 121 Å². The van der Waals surface area contributed by atoms with Gasteiger partial charge in [0, 0.05) is 29.9 Å². The van der Waals surface area contributed by atoms with Gasteiger partial charge in [-0.2, -0.15) is 0 Å². The second kappa shape index (κ2) is 6.82. The SMILES string of the molecule is CCOC(C(C)C)C(N)Cc1nc(C(C)(C)C)cs1. The Kier molecular flexibility index (Phi) is 5.96. The Balaban J connectivity index is 2.70. The third-order valence-electron chi connectivity index (χ3n) is 3.17. The monoisotopic (exact) mass is 284 g/mol. The van der Waals surface area contributed by atoms with Gasteiger partial charge in [0.15, 0.2) is 0 Å². The van der Waals surface area contributed by atoms with Gasteiger partial charge in [-0.3, -0.25) is 0 Å². The van der Waals surface area contributed by atoms with Crippen LogP contribution >= 0.6 is 11.3 Å². The van der Waals surface area contributed by atoms with Crippen molar-refractivity contribution in [2.75, 3.05) is 6.61 Å². The van der Waals surface area contributed by atoms with Crippen molar-refractivity contribution >= 4 is 11.3 Å². The van der Waals surface area contributed by atoms with E-state index in [1.807, 2.05) is 6.92 Å². The Bertz CT molecular complexity index is 382. The van der Waals surface area contributed by atoms with Crippen molar-refractivity contribution in [1.29, 1.82) is 0 Å². The van der Waals surface area contributed by atoms with Crippen LogP contribution in [0, 0.1) is 5.92 Å². The predicted molar refractivity (Wildman–Crippen MR) is 82.7 cm³/mol. The second-order valence-corrected chi connectivity index (χ2v) is 7.35. The van der Waals surface area contributed by atoms with Crippen molar-refractivity contribution in [3.63, 3.8) is 0 Å². The zero-order valence-electron chi connectivity index (χ0n) is 13.1. The van der Waals surface area contributed by atoms with E-state index in [1.165, 1.54) is 0 Å². The van der Waals surface area contributed by atoms with E-state index in [9.17, 15) is 0 Å². The summed E-state index contributed by atoms with van der Waals surface area (Å²) in [6, 6.07) is 0.0129. The molecule has 0 aliphatic heterocycles. The average molecular weight is 284 g/mol. The highest BCUT2D eigenvalue weighted by molar-refractivity contribution is 7.09. The summed E-state index contributed by atoms with van der Waals surface area (Å²) in [5.41, 5.74) is 7.55. The molecule has 1 rings (SSSR count). The topological polar surface area (TPSA) is 48.1 Å². The molecule has 0 bridgehead atoms. The third kappa shape index (κ3) is 4.86. The molecule has 0 saturated heterocycles. The molecule has 0 aromatic carbocycles. The summed E-state index contributed by atoms with van der Waals surface area (Å²) in [6.07, 6.45) is 0.899. The molecular formula is C15H28N2OS. The van der Waals surface area contributed by atoms with Gasteiger partial charge in [-0.25, -0.2) is 4.98 Å². The van der Waals surface area contributed by atoms with Crippen LogP contribution in [0.5, 0.6) is 0 Å². The number of hydrogen-bond donors (Lipinski definition) is 1. The summed E-state index contributed by atoms with van der Waals surface area (Å²) in [4.78, 5) is 4.71. The van der Waals surface area contributed by atoms with Gasteiger partial charge in [0.05, 0.1) is 16.8 Å². The molecule has 0 radical (unpaired) electrons. The number of nitrogens with two attached hydrogens (primary N) is 1. The van der Waals surface area contributed by atoms with Gasteiger partial charge in [-0.1, -0.05) is 34.6 Å². The average Bonchev–Trinajstić information content (AvgIpc) is 2.73. The summed E-state index contributed by atoms with van der Waals surface area (Å²) in [6.45, 7) is 13.6. The Morgan fingerprint density at radius 2 is 2.00 bits per heavy atom. The zero-order valence-corrected chi connectivity index (χ0v) is 13.9. The summed E-state index contributed by atoms with van der Waals surface area (Å²) in [5.74, 6) is 0.428. The lowest BCUT2D eigenvalue weighted by Crippen LogP contribution is -2.42. The number of nitrogens with zero attached hydrogens (tertiary/aromatic N) is 1. The van der Waals surface area contributed by atoms with Crippen LogP contribution in [0.2, 0.25) is 0 Å². The molecule has 0 amide bonds. The number of hydrogen-bond acceptors (Lipinski definition) is 4. The fourth-order valence-electron chi connectivity index (χ4n) is 2.07. The van der Waals surface area contributed by atoms with Crippen molar-refractivity contribution in [3.8, 4) is 0 Å². The highest BCUT2D eigenvalue weighted by atomic mass is 32.1. The fraction of sp³-hybridized carbons (Fsp3) is 0.800. The van der Waals surface area contributed by atoms with Gasteiger partial charge < -0.3 is 10.5 Å². The normalized spacial score (nSPS) is 15.8. The lowest BCUT2D eigenvalue weighted by molar-refractivity contribution is 0.0127. The van der Waals surface area contributed by atoms with Gasteiger partial charge in [0.25, 0.3) is 0 Å². The van der Waals surface area contributed by atoms with Gasteiger partial charge in [0.1, 0.15) is 0 Å². The zero-order chi connectivity index (χ0) is 14.6. The lowest BCUT2D eigenvalue weighted by atomic mass is 9.93. The van der Waals surface area contributed by atoms with Crippen LogP contribution in [-0.4, -0.2) is 23.7 Å². The molecule has 0 aliphatic carbocycles. The number of rotatable bonds is 6. The first-order valence-corrected chi connectivity index (χ1v) is 7.95. The van der Waals surface area contributed by atoms with Gasteiger partial charge >= 0.3 is 0 Å². The summed E-state index contributed by atoms with van der Waals surface area (Å²) < 4.78 is 5.76. The fourth-order valence-corrected chi connectivity index (χ4v) is 3.16. The van der Waals surface area contributed by atoms with Crippen molar-refractivity contribution in [2.24, 2.45) is 11.7 Å². The molecule has 2 N–H and O–H groups in total. The van der Waals surface area contributed by atoms with E-state index in [0.29, 0.717) is 12.5 Å². The maximum atomic E-state index is 6.30. The van der Waals surface area contributed by atoms with Crippen LogP contribution in [0.4, 0.5) is 0 Å². The maximum Gasteiger partial charge on any atom is 0.0944 e. The number of thiazole rings is 1. The Morgan fingerprint density at radius 1 is 1.37 bits per heavy atom. The van der Waals surface area contributed by atoms with E-state index in [1.54, 1.807) is 11.3 Å². The van der Waals surface area contributed by atoms with Crippen molar-refractivity contribution < 1.29 is 4.74 Å². The highest BCUT2D eigenvalue weighted by Crippen LogP contribution is 2.25. The first kappa shape index (κ1) is 16.6. The largest absolute Gasteiger partial charge is 0.377 e. The van der Waals surface area contributed by atoms with Crippen LogP contribution in [0.1, 0.15) is 52.2 Å². The molecule has 0 saturated carbocycles. The van der Waals surface area contributed by atoms with Gasteiger partial charge in [0.2, 0.25) is 0 Å². The molecule has 110 valence electrons. The first-order valence-electron chi connectivity index (χ1n) is 7.07. The van der Waals surface area contributed by atoms with E-state index >= 15 is 0 Å². The minimum atomic E-state index is 0.0129. The van der Waals surface area contributed by atoms with Crippen molar-refractivity contribution in [2.45, 2.75) is 65.5 Å². The standard InChI is InChI=1S/C15H28N2OS/c1-7-18-14(10(2)3)11(16)8-13-17-12(9-19-13)15(4,5)6/h9-11,14H,7-8,16H2,1-6H3. The molecule has 1 aromatic rings. The smallest absolute Gasteiger partial charge is 0.0944 e. The van der Waals surface area contributed by atoms with Crippen molar-refractivity contribution in [3.05, 3.63) is 16.1 Å². The molecule has 2 atom stereocenters. The van der Waals surface area contributed by atoms with Crippen LogP contribution < -0.4 is 5.73 Å². The summed E-state index contributed by atoms with van der Waals surface area (Å²) >= 11 is 1.71. The molecule has 2 unspecified atom stereocenters. The summed E-state index contributed by atoms with van der Waals surface area (Å²) in [5, 5.41) is 3.26. The van der Waals surface area contributed by atoms with E-state index < -0.39 is 0 Å². The number of ether oxygens (including phenoxy) is 1. The molecule has 19 heavy (non-hydrogen) atoms. The van der Waals surface area contributed by atoms with E-state index in [4.69, 9.17) is 15.5 Å². The highest BCUT2D eigenvalue weighted by Gasteiger charge is 2.24. The minimum Gasteiger partial charge on any atom is -0.377 e. The summed E-state index contributed by atoms with van der Waals surface area (Å²) in [7, 11) is 0. The molecule has 3 nitrogen and oxygen atoms in total. The Hall–Kier alpha value is -0.450. The molecular weight excluding hydrogens is 256 g/mol. The molecule has 0 fully saturated rings. The van der Waals surface area contributed by atoms with Crippen LogP contribution in [0.25, 0.3) is 0 Å².